The van der Waals surface area contributed by atoms with Gasteiger partial charge in [-0.25, -0.2) is 9.59 Å². The van der Waals surface area contributed by atoms with E-state index in [1.807, 2.05) is 6.92 Å². The van der Waals surface area contributed by atoms with Gasteiger partial charge in [-0.3, -0.25) is 4.79 Å². The molecule has 136 valence electrons. The van der Waals surface area contributed by atoms with E-state index in [-0.39, 0.29) is 16.6 Å². The van der Waals surface area contributed by atoms with Gasteiger partial charge in [-0.2, -0.15) is 0 Å². The summed E-state index contributed by atoms with van der Waals surface area (Å²) >= 11 is 6.16. The monoisotopic (exact) mass is 368 g/mol. The summed E-state index contributed by atoms with van der Waals surface area (Å²) in [6.07, 6.45) is 3.11. The molecule has 0 aliphatic heterocycles. The molecule has 0 aliphatic carbocycles. The van der Waals surface area contributed by atoms with Crippen molar-refractivity contribution in [2.45, 2.75) is 26.2 Å². The lowest BCUT2D eigenvalue weighted by Gasteiger charge is -2.12. The van der Waals surface area contributed by atoms with Crippen LogP contribution in [0, 0.1) is 0 Å². The highest BCUT2D eigenvalue weighted by Crippen LogP contribution is 2.26. The molecule has 0 radical (unpaired) electrons. The number of esters is 2. The van der Waals surface area contributed by atoms with Crippen LogP contribution in [0.25, 0.3) is 0 Å². The third-order valence-electron chi connectivity index (χ3n) is 3.15. The number of nitrogens with one attached hydrogen (secondary N) is 2. The molecule has 0 aromatic heterocycles. The predicted octanol–water partition coefficient (Wildman–Crippen LogP) is 3.11. The Balaban J connectivity index is 2.90. The highest BCUT2D eigenvalue weighted by Gasteiger charge is 2.14. The molecular formula is C17H21ClN2O5. The molecule has 0 fully saturated rings. The average Bonchev–Trinajstić information content (AvgIpc) is 2.60. The van der Waals surface area contributed by atoms with Crippen LogP contribution >= 0.6 is 11.6 Å². The van der Waals surface area contributed by atoms with E-state index in [9.17, 15) is 14.4 Å². The van der Waals surface area contributed by atoms with E-state index >= 15 is 0 Å². The van der Waals surface area contributed by atoms with E-state index in [0.717, 1.165) is 18.9 Å². The SMILES string of the molecule is CCCCC(=O)Nc1ccc(N/C(=C/C(=O)OC)C(=O)OC)cc1Cl. The molecule has 25 heavy (non-hydrogen) atoms. The molecule has 0 atom stereocenters. The third-order valence-corrected chi connectivity index (χ3v) is 3.46. The Hall–Kier alpha value is -2.54. The number of unbranched alkanes of at least 4 members (excludes halogenated alkanes) is 1. The van der Waals surface area contributed by atoms with E-state index in [1.54, 1.807) is 12.1 Å². The average molecular weight is 369 g/mol. The molecule has 0 bridgehead atoms. The lowest BCUT2D eigenvalue weighted by molar-refractivity contribution is -0.138. The Morgan fingerprint density at radius 1 is 1.16 bits per heavy atom. The van der Waals surface area contributed by atoms with Gasteiger partial charge in [-0.05, 0) is 24.6 Å². The zero-order chi connectivity index (χ0) is 18.8. The number of hydrogen-bond donors (Lipinski definition) is 2. The number of methoxy groups -OCH3 is 2. The highest BCUT2D eigenvalue weighted by atomic mass is 35.5. The fraction of sp³-hybridized carbons (Fsp3) is 0.353. The molecule has 8 heteroatoms. The van der Waals surface area contributed by atoms with Crippen molar-refractivity contribution in [1.29, 1.82) is 0 Å². The van der Waals surface area contributed by atoms with Crippen LogP contribution in [0.15, 0.2) is 30.0 Å². The minimum atomic E-state index is -0.738. The fourth-order valence-electron chi connectivity index (χ4n) is 1.83. The smallest absolute Gasteiger partial charge is 0.354 e. The van der Waals surface area contributed by atoms with E-state index in [0.29, 0.717) is 17.8 Å². The maximum Gasteiger partial charge on any atom is 0.354 e. The zero-order valence-corrected chi connectivity index (χ0v) is 15.1. The first-order chi connectivity index (χ1) is 11.9. The third kappa shape index (κ3) is 6.84. The topological polar surface area (TPSA) is 93.7 Å². The van der Waals surface area contributed by atoms with Crippen molar-refractivity contribution in [3.8, 4) is 0 Å². The maximum atomic E-state index is 11.8. The molecule has 1 rings (SSSR count). The number of amides is 1. The van der Waals surface area contributed by atoms with Gasteiger partial charge in [0.05, 0.1) is 31.0 Å². The Bertz CT molecular complexity index is 673. The number of anilines is 2. The summed E-state index contributed by atoms with van der Waals surface area (Å²) in [5, 5.41) is 5.75. The lowest BCUT2D eigenvalue weighted by atomic mass is 10.2. The van der Waals surface area contributed by atoms with Crippen LogP contribution in [-0.4, -0.2) is 32.1 Å². The minimum absolute atomic E-state index is 0.106. The molecule has 0 aliphatic rings. The quantitative estimate of drug-likeness (QED) is 0.541. The predicted molar refractivity (Wildman–Crippen MR) is 95.3 cm³/mol. The van der Waals surface area contributed by atoms with Gasteiger partial charge in [0, 0.05) is 12.1 Å². The summed E-state index contributed by atoms with van der Waals surface area (Å²) < 4.78 is 9.10. The molecule has 0 spiro atoms. The second-order valence-corrected chi connectivity index (χ2v) is 5.45. The molecule has 7 nitrogen and oxygen atoms in total. The molecule has 2 N–H and O–H groups in total. The van der Waals surface area contributed by atoms with Gasteiger partial charge in [0.15, 0.2) is 0 Å². The van der Waals surface area contributed by atoms with Crippen molar-refractivity contribution in [3.05, 3.63) is 35.0 Å². The molecule has 0 unspecified atom stereocenters. The van der Waals surface area contributed by atoms with Gasteiger partial charge in [0.25, 0.3) is 0 Å². The van der Waals surface area contributed by atoms with E-state index in [1.165, 1.54) is 20.3 Å². The van der Waals surface area contributed by atoms with Crippen molar-refractivity contribution in [2.75, 3.05) is 24.9 Å². The molecule has 1 amide bonds. The van der Waals surface area contributed by atoms with Gasteiger partial charge in [-0.1, -0.05) is 24.9 Å². The molecular weight excluding hydrogens is 348 g/mol. The minimum Gasteiger partial charge on any atom is -0.466 e. The summed E-state index contributed by atoms with van der Waals surface area (Å²) in [7, 11) is 2.39. The van der Waals surface area contributed by atoms with Crippen LogP contribution in [0.1, 0.15) is 26.2 Å². The molecule has 0 saturated carbocycles. The van der Waals surface area contributed by atoms with E-state index < -0.39 is 11.9 Å². The number of benzene rings is 1. The molecule has 0 heterocycles. The summed E-state index contributed by atoms with van der Waals surface area (Å²) in [5.74, 6) is -1.57. The normalized spacial score (nSPS) is 10.8. The molecule has 0 saturated heterocycles. The van der Waals surface area contributed by atoms with Crippen LogP contribution in [0.2, 0.25) is 5.02 Å². The van der Waals surface area contributed by atoms with E-state index in [2.05, 4.69) is 20.1 Å². The van der Waals surface area contributed by atoms with Crippen LogP contribution in [0.3, 0.4) is 0 Å². The van der Waals surface area contributed by atoms with Crippen LogP contribution < -0.4 is 10.6 Å². The Labute approximate surface area is 151 Å². The zero-order valence-electron chi connectivity index (χ0n) is 14.3. The van der Waals surface area contributed by atoms with Crippen molar-refractivity contribution >= 4 is 40.8 Å². The number of carbonyl (C=O) groups is 3. The van der Waals surface area contributed by atoms with Crippen molar-refractivity contribution in [3.63, 3.8) is 0 Å². The van der Waals surface area contributed by atoms with E-state index in [4.69, 9.17) is 11.6 Å². The molecule has 1 aromatic rings. The second-order valence-electron chi connectivity index (χ2n) is 5.04. The van der Waals surface area contributed by atoms with Gasteiger partial charge in [-0.15, -0.1) is 0 Å². The number of ether oxygens (including phenoxy) is 2. The largest absolute Gasteiger partial charge is 0.466 e. The summed E-state index contributed by atoms with van der Waals surface area (Å²) in [5.41, 5.74) is 0.798. The van der Waals surface area contributed by atoms with Gasteiger partial charge < -0.3 is 20.1 Å². The standard InChI is InChI=1S/C17H21ClN2O5/c1-4-5-6-15(21)20-13-8-7-11(9-12(13)18)19-14(17(23)25-3)10-16(22)24-2/h7-10,19H,4-6H2,1-3H3,(H,20,21)/b14-10+. The Kier molecular flexibility index (Phi) is 8.49. The summed E-state index contributed by atoms with van der Waals surface area (Å²) in [6.45, 7) is 2.00. The van der Waals surface area contributed by atoms with Crippen molar-refractivity contribution in [1.82, 2.24) is 0 Å². The first kappa shape index (κ1) is 20.5. The fourth-order valence-corrected chi connectivity index (χ4v) is 2.06. The summed E-state index contributed by atoms with van der Waals surface area (Å²) in [6, 6.07) is 4.72. The number of carbonyl (C=O) groups excluding carboxylic acids is 3. The maximum absolute atomic E-state index is 11.8. The molecule has 1 aromatic carbocycles. The Morgan fingerprint density at radius 2 is 1.88 bits per heavy atom. The Morgan fingerprint density at radius 3 is 2.44 bits per heavy atom. The van der Waals surface area contributed by atoms with Crippen molar-refractivity contribution < 1.29 is 23.9 Å². The van der Waals surface area contributed by atoms with Gasteiger partial charge in [0.1, 0.15) is 5.70 Å². The van der Waals surface area contributed by atoms with Gasteiger partial charge in [0.2, 0.25) is 5.91 Å². The lowest BCUT2D eigenvalue weighted by Crippen LogP contribution is -2.15. The summed E-state index contributed by atoms with van der Waals surface area (Å²) in [4.78, 5) is 34.8. The number of halogens is 1. The first-order valence-corrected chi connectivity index (χ1v) is 8.03. The highest BCUT2D eigenvalue weighted by molar-refractivity contribution is 6.34. The van der Waals surface area contributed by atoms with Crippen LogP contribution in [0.5, 0.6) is 0 Å². The van der Waals surface area contributed by atoms with Crippen LogP contribution in [-0.2, 0) is 23.9 Å². The van der Waals surface area contributed by atoms with Gasteiger partial charge >= 0.3 is 11.9 Å². The number of hydrogen-bond acceptors (Lipinski definition) is 6. The number of rotatable bonds is 8. The second kappa shape index (κ2) is 10.4. The van der Waals surface area contributed by atoms with Crippen molar-refractivity contribution in [2.24, 2.45) is 0 Å². The first-order valence-electron chi connectivity index (χ1n) is 7.65. The van der Waals surface area contributed by atoms with Crippen LogP contribution in [0.4, 0.5) is 11.4 Å².